The first-order valence-electron chi connectivity index (χ1n) is 6.37. The van der Waals surface area contributed by atoms with Gasteiger partial charge in [0.1, 0.15) is 6.04 Å². The standard InChI is InChI=1S/C12H21N3O5/c1-14(2)10(16)4-5-13-12(19)15-7-8(20-3)6-9(15)11(17)18/h8-9H,4-7H2,1-3H3,(H,13,19)(H,17,18). The van der Waals surface area contributed by atoms with E-state index < -0.39 is 18.0 Å². The summed E-state index contributed by atoms with van der Waals surface area (Å²) in [7, 11) is 4.75. The molecule has 1 heterocycles. The second-order valence-electron chi connectivity index (χ2n) is 4.87. The van der Waals surface area contributed by atoms with Crippen LogP contribution in [-0.2, 0) is 14.3 Å². The van der Waals surface area contributed by atoms with Crippen molar-refractivity contribution in [3.05, 3.63) is 0 Å². The molecule has 2 atom stereocenters. The maximum atomic E-state index is 11.9. The summed E-state index contributed by atoms with van der Waals surface area (Å²) in [5.74, 6) is -1.15. The van der Waals surface area contributed by atoms with E-state index >= 15 is 0 Å². The molecule has 0 spiro atoms. The molecular formula is C12H21N3O5. The molecule has 0 bridgehead atoms. The molecule has 3 amide bonds. The zero-order chi connectivity index (χ0) is 15.3. The monoisotopic (exact) mass is 287 g/mol. The average Bonchev–Trinajstić information content (AvgIpc) is 2.82. The summed E-state index contributed by atoms with van der Waals surface area (Å²) in [6.07, 6.45) is 0.179. The van der Waals surface area contributed by atoms with Crippen LogP contribution in [0.15, 0.2) is 0 Å². The third-order valence-corrected chi connectivity index (χ3v) is 3.26. The van der Waals surface area contributed by atoms with Gasteiger partial charge in [0.2, 0.25) is 5.91 Å². The summed E-state index contributed by atoms with van der Waals surface area (Å²) in [6.45, 7) is 0.414. The number of ether oxygens (including phenoxy) is 1. The van der Waals surface area contributed by atoms with E-state index in [1.165, 1.54) is 16.9 Å². The number of urea groups is 1. The predicted octanol–water partition coefficient (Wildman–Crippen LogP) is -0.652. The first kappa shape index (κ1) is 16.2. The van der Waals surface area contributed by atoms with Gasteiger partial charge in [-0.25, -0.2) is 9.59 Å². The third-order valence-electron chi connectivity index (χ3n) is 3.26. The lowest BCUT2D eigenvalue weighted by atomic mass is 10.2. The van der Waals surface area contributed by atoms with Crippen LogP contribution in [0.4, 0.5) is 4.79 Å². The molecule has 0 aromatic heterocycles. The summed E-state index contributed by atoms with van der Waals surface area (Å²) in [4.78, 5) is 37.1. The van der Waals surface area contributed by atoms with Crippen molar-refractivity contribution in [2.75, 3.05) is 34.3 Å². The largest absolute Gasteiger partial charge is 0.480 e. The van der Waals surface area contributed by atoms with Crippen molar-refractivity contribution < 1.29 is 24.2 Å². The molecule has 1 saturated heterocycles. The maximum absolute atomic E-state index is 11.9. The number of hydrogen-bond acceptors (Lipinski definition) is 4. The Bertz CT molecular complexity index is 385. The Kier molecular flexibility index (Phi) is 5.75. The van der Waals surface area contributed by atoms with E-state index in [2.05, 4.69) is 5.32 Å². The number of amides is 3. The Hall–Kier alpha value is -1.83. The van der Waals surface area contributed by atoms with Gasteiger partial charge in [-0.15, -0.1) is 0 Å². The van der Waals surface area contributed by atoms with Crippen LogP contribution in [-0.4, -0.2) is 79.3 Å². The van der Waals surface area contributed by atoms with Crippen molar-refractivity contribution in [1.82, 2.24) is 15.1 Å². The summed E-state index contributed by atoms with van der Waals surface area (Å²) >= 11 is 0. The van der Waals surface area contributed by atoms with Gasteiger partial charge in [0, 0.05) is 47.1 Å². The summed E-state index contributed by atoms with van der Waals surface area (Å²) in [5, 5.41) is 11.7. The molecule has 20 heavy (non-hydrogen) atoms. The van der Waals surface area contributed by atoms with Crippen LogP contribution in [0.1, 0.15) is 12.8 Å². The number of carboxylic acids is 1. The number of nitrogens with zero attached hydrogens (tertiary/aromatic N) is 2. The topological polar surface area (TPSA) is 99.2 Å². The van der Waals surface area contributed by atoms with Crippen LogP contribution in [0, 0.1) is 0 Å². The van der Waals surface area contributed by atoms with Crippen LogP contribution in [0.2, 0.25) is 0 Å². The highest BCUT2D eigenvalue weighted by Gasteiger charge is 2.39. The van der Waals surface area contributed by atoms with Gasteiger partial charge in [-0.05, 0) is 0 Å². The van der Waals surface area contributed by atoms with E-state index in [0.717, 1.165) is 0 Å². The van der Waals surface area contributed by atoms with Crippen molar-refractivity contribution in [3.8, 4) is 0 Å². The molecule has 0 aromatic rings. The van der Waals surface area contributed by atoms with E-state index in [1.54, 1.807) is 14.1 Å². The molecule has 0 aliphatic carbocycles. The molecular weight excluding hydrogens is 266 g/mol. The van der Waals surface area contributed by atoms with Crippen molar-refractivity contribution in [2.45, 2.75) is 25.0 Å². The maximum Gasteiger partial charge on any atom is 0.326 e. The van der Waals surface area contributed by atoms with Crippen LogP contribution < -0.4 is 5.32 Å². The molecule has 0 radical (unpaired) electrons. The van der Waals surface area contributed by atoms with Gasteiger partial charge in [-0.3, -0.25) is 4.79 Å². The van der Waals surface area contributed by atoms with Gasteiger partial charge < -0.3 is 25.0 Å². The first-order chi connectivity index (χ1) is 9.36. The molecule has 0 saturated carbocycles. The van der Waals surface area contributed by atoms with Gasteiger partial charge >= 0.3 is 12.0 Å². The Morgan fingerprint density at radius 3 is 2.55 bits per heavy atom. The highest BCUT2D eigenvalue weighted by atomic mass is 16.5. The minimum Gasteiger partial charge on any atom is -0.480 e. The third kappa shape index (κ3) is 4.09. The van der Waals surface area contributed by atoms with Crippen molar-refractivity contribution in [1.29, 1.82) is 0 Å². The molecule has 2 unspecified atom stereocenters. The summed E-state index contributed by atoms with van der Waals surface area (Å²) in [6, 6.07) is -1.37. The minimum atomic E-state index is -1.05. The smallest absolute Gasteiger partial charge is 0.326 e. The fourth-order valence-electron chi connectivity index (χ4n) is 2.03. The molecule has 1 aliphatic heterocycles. The lowest BCUT2D eigenvalue weighted by Gasteiger charge is -2.21. The quantitative estimate of drug-likeness (QED) is 0.700. The number of aliphatic carboxylic acids is 1. The van der Waals surface area contributed by atoms with Crippen molar-refractivity contribution >= 4 is 17.9 Å². The van der Waals surface area contributed by atoms with E-state index in [1.807, 2.05) is 0 Å². The van der Waals surface area contributed by atoms with Crippen LogP contribution in [0.3, 0.4) is 0 Å². The molecule has 1 fully saturated rings. The SMILES string of the molecule is COC1CC(C(=O)O)N(C(=O)NCCC(=O)N(C)C)C1. The van der Waals surface area contributed by atoms with Crippen molar-refractivity contribution in [3.63, 3.8) is 0 Å². The predicted molar refractivity (Wildman–Crippen MR) is 70.3 cm³/mol. The summed E-state index contributed by atoms with van der Waals surface area (Å²) in [5.41, 5.74) is 0. The molecule has 1 rings (SSSR count). The highest BCUT2D eigenvalue weighted by Crippen LogP contribution is 2.20. The second kappa shape index (κ2) is 7.09. The number of rotatable bonds is 5. The number of carbonyl (C=O) groups excluding carboxylic acids is 2. The Morgan fingerprint density at radius 2 is 2.05 bits per heavy atom. The lowest BCUT2D eigenvalue weighted by Crippen LogP contribution is -2.46. The summed E-state index contributed by atoms with van der Waals surface area (Å²) < 4.78 is 5.10. The van der Waals surface area contributed by atoms with Crippen LogP contribution >= 0.6 is 0 Å². The molecule has 8 heteroatoms. The number of nitrogens with one attached hydrogen (secondary N) is 1. The fraction of sp³-hybridized carbons (Fsp3) is 0.750. The number of likely N-dealkylation sites (tertiary alicyclic amines) is 1. The van der Waals surface area contributed by atoms with Gasteiger partial charge in [-0.2, -0.15) is 0 Å². The normalized spacial score (nSPS) is 21.6. The first-order valence-corrected chi connectivity index (χ1v) is 6.37. The molecule has 1 aliphatic rings. The minimum absolute atomic E-state index is 0.101. The van der Waals surface area contributed by atoms with E-state index in [-0.39, 0.29) is 37.9 Å². The highest BCUT2D eigenvalue weighted by molar-refractivity contribution is 5.84. The number of carboxylic acid groups (broad SMARTS) is 1. The lowest BCUT2D eigenvalue weighted by molar-refractivity contribution is -0.141. The van der Waals surface area contributed by atoms with E-state index in [9.17, 15) is 14.4 Å². The molecule has 8 nitrogen and oxygen atoms in total. The average molecular weight is 287 g/mol. The van der Waals surface area contributed by atoms with E-state index in [4.69, 9.17) is 9.84 Å². The molecule has 114 valence electrons. The Morgan fingerprint density at radius 1 is 1.40 bits per heavy atom. The van der Waals surface area contributed by atoms with Gasteiger partial charge in [0.25, 0.3) is 0 Å². The van der Waals surface area contributed by atoms with Gasteiger partial charge in [0.15, 0.2) is 0 Å². The fourth-order valence-corrected chi connectivity index (χ4v) is 2.03. The molecule has 0 aromatic carbocycles. The zero-order valence-corrected chi connectivity index (χ0v) is 12.0. The number of methoxy groups -OCH3 is 1. The number of hydrogen-bond donors (Lipinski definition) is 2. The Balaban J connectivity index is 2.49. The van der Waals surface area contributed by atoms with Gasteiger partial charge in [-0.1, -0.05) is 0 Å². The van der Waals surface area contributed by atoms with Crippen LogP contribution in [0.25, 0.3) is 0 Å². The van der Waals surface area contributed by atoms with Gasteiger partial charge in [0.05, 0.1) is 6.10 Å². The second-order valence-corrected chi connectivity index (χ2v) is 4.87. The van der Waals surface area contributed by atoms with E-state index in [0.29, 0.717) is 0 Å². The molecule has 2 N–H and O–H groups in total. The van der Waals surface area contributed by atoms with Crippen LogP contribution in [0.5, 0.6) is 0 Å². The number of carbonyl (C=O) groups is 3. The van der Waals surface area contributed by atoms with Crippen molar-refractivity contribution in [2.24, 2.45) is 0 Å². The Labute approximate surface area is 117 Å². The zero-order valence-electron chi connectivity index (χ0n) is 12.0.